The molecule has 2 aromatic heterocycles. The number of halogens is 1. The Morgan fingerprint density at radius 1 is 1.39 bits per heavy atom. The van der Waals surface area contributed by atoms with Gasteiger partial charge in [0.15, 0.2) is 5.82 Å². The molecule has 0 aromatic carbocycles. The van der Waals surface area contributed by atoms with Gasteiger partial charge in [-0.3, -0.25) is 0 Å². The van der Waals surface area contributed by atoms with E-state index < -0.39 is 0 Å². The Bertz CT molecular complexity index is 541. The number of fused-ring (bicyclic) bond motifs is 1. The molecule has 0 amide bonds. The number of hydrogen-bond acceptors (Lipinski definition) is 4. The molecule has 0 aliphatic rings. The van der Waals surface area contributed by atoms with Crippen molar-refractivity contribution in [2.75, 3.05) is 7.11 Å². The van der Waals surface area contributed by atoms with Crippen molar-refractivity contribution in [1.29, 1.82) is 0 Å². The highest BCUT2D eigenvalue weighted by molar-refractivity contribution is 7.18. The molecule has 1 atom stereocenters. The molecular weight excluding hydrogens is 268 g/mol. The second kappa shape index (κ2) is 5.95. The monoisotopic (exact) mass is 284 g/mol. The van der Waals surface area contributed by atoms with Crippen LogP contribution in [0.3, 0.4) is 0 Å². The predicted octanol–water partition coefficient (Wildman–Crippen LogP) is 4.39. The van der Waals surface area contributed by atoms with Crippen LogP contribution in [0.25, 0.3) is 10.2 Å². The molecule has 18 heavy (non-hydrogen) atoms. The van der Waals surface area contributed by atoms with Crippen molar-refractivity contribution in [3.8, 4) is 0 Å². The number of nitrogens with zero attached hydrogens (tertiary/aromatic N) is 2. The van der Waals surface area contributed by atoms with Crippen LogP contribution >= 0.6 is 22.9 Å². The molecule has 2 heterocycles. The van der Waals surface area contributed by atoms with E-state index in [4.69, 9.17) is 16.3 Å². The Kier molecular flexibility index (Phi) is 4.54. The van der Waals surface area contributed by atoms with Gasteiger partial charge in [0.05, 0.1) is 0 Å². The Labute approximate surface area is 116 Å². The molecule has 0 aliphatic heterocycles. The fourth-order valence-electron chi connectivity index (χ4n) is 1.88. The molecule has 2 rings (SSSR count). The van der Waals surface area contributed by atoms with Crippen molar-refractivity contribution < 1.29 is 4.74 Å². The van der Waals surface area contributed by atoms with Crippen molar-refractivity contribution in [1.82, 2.24) is 9.97 Å². The van der Waals surface area contributed by atoms with E-state index >= 15 is 0 Å². The van der Waals surface area contributed by atoms with Crippen molar-refractivity contribution in [3.05, 3.63) is 21.9 Å². The highest BCUT2D eigenvalue weighted by Gasteiger charge is 2.16. The smallest absolute Gasteiger partial charge is 0.160 e. The minimum atomic E-state index is -0.0657. The molecular formula is C13H17ClN2OS. The van der Waals surface area contributed by atoms with E-state index in [0.717, 1.165) is 29.5 Å². The topological polar surface area (TPSA) is 35.0 Å². The number of aryl methyl sites for hydroxylation is 1. The van der Waals surface area contributed by atoms with Gasteiger partial charge in [-0.25, -0.2) is 9.97 Å². The molecule has 0 radical (unpaired) electrons. The first kappa shape index (κ1) is 13.7. The summed E-state index contributed by atoms with van der Waals surface area (Å²) in [5.74, 6) is 0.696. The van der Waals surface area contributed by atoms with Crippen LogP contribution in [-0.2, 0) is 11.2 Å². The van der Waals surface area contributed by atoms with Crippen LogP contribution in [0.4, 0.5) is 0 Å². The third-order valence-corrected chi connectivity index (χ3v) is 4.35. The third-order valence-electron chi connectivity index (χ3n) is 2.89. The van der Waals surface area contributed by atoms with Crippen LogP contribution in [0.15, 0.2) is 6.07 Å². The highest BCUT2D eigenvalue weighted by atomic mass is 35.5. The van der Waals surface area contributed by atoms with E-state index in [9.17, 15) is 0 Å². The van der Waals surface area contributed by atoms with Gasteiger partial charge in [0.1, 0.15) is 16.1 Å². The first-order chi connectivity index (χ1) is 8.69. The molecule has 0 fully saturated rings. The third kappa shape index (κ3) is 2.66. The van der Waals surface area contributed by atoms with Crippen molar-refractivity contribution in [2.45, 2.75) is 39.2 Å². The van der Waals surface area contributed by atoms with Gasteiger partial charge >= 0.3 is 0 Å². The summed E-state index contributed by atoms with van der Waals surface area (Å²) in [6, 6.07) is 2.08. The van der Waals surface area contributed by atoms with Crippen molar-refractivity contribution in [3.63, 3.8) is 0 Å². The standard InChI is InChI=1S/C13H17ClN2OS/c1-4-6-10(17-3)12-15-11(14)9-7-8(5-2)18-13(9)16-12/h7,10H,4-6H2,1-3H3. The second-order valence-corrected chi connectivity index (χ2v) is 5.64. The van der Waals surface area contributed by atoms with Gasteiger partial charge in [-0.05, 0) is 18.9 Å². The van der Waals surface area contributed by atoms with Gasteiger partial charge in [0.25, 0.3) is 0 Å². The predicted molar refractivity (Wildman–Crippen MR) is 76.5 cm³/mol. The van der Waals surface area contributed by atoms with Gasteiger partial charge in [-0.15, -0.1) is 11.3 Å². The molecule has 0 spiro atoms. The molecule has 2 aromatic rings. The molecule has 0 bridgehead atoms. The number of ether oxygens (including phenoxy) is 1. The van der Waals surface area contributed by atoms with Gasteiger partial charge in [0.2, 0.25) is 0 Å². The van der Waals surface area contributed by atoms with E-state index in [0.29, 0.717) is 11.0 Å². The normalized spacial score (nSPS) is 13.1. The summed E-state index contributed by atoms with van der Waals surface area (Å²) in [6.07, 6.45) is 2.87. The number of rotatable bonds is 5. The van der Waals surface area contributed by atoms with Crippen LogP contribution in [0.5, 0.6) is 0 Å². The summed E-state index contributed by atoms with van der Waals surface area (Å²) in [5.41, 5.74) is 0. The molecule has 98 valence electrons. The maximum atomic E-state index is 6.23. The van der Waals surface area contributed by atoms with Crippen molar-refractivity contribution in [2.24, 2.45) is 0 Å². The number of aromatic nitrogens is 2. The Morgan fingerprint density at radius 3 is 2.78 bits per heavy atom. The minimum absolute atomic E-state index is 0.0657. The summed E-state index contributed by atoms with van der Waals surface area (Å²) in [6.45, 7) is 4.24. The van der Waals surface area contributed by atoms with Crippen LogP contribution < -0.4 is 0 Å². The van der Waals surface area contributed by atoms with Crippen LogP contribution in [0.2, 0.25) is 5.15 Å². The van der Waals surface area contributed by atoms with Crippen LogP contribution in [0, 0.1) is 0 Å². The van der Waals surface area contributed by atoms with Gasteiger partial charge in [-0.2, -0.15) is 0 Å². The molecule has 1 unspecified atom stereocenters. The van der Waals surface area contributed by atoms with E-state index in [-0.39, 0.29) is 6.10 Å². The first-order valence-corrected chi connectivity index (χ1v) is 7.37. The number of thiophene rings is 1. The quantitative estimate of drug-likeness (QED) is 0.764. The summed E-state index contributed by atoms with van der Waals surface area (Å²) in [7, 11) is 1.69. The fraction of sp³-hybridized carbons (Fsp3) is 0.538. The lowest BCUT2D eigenvalue weighted by Crippen LogP contribution is -2.06. The zero-order valence-corrected chi connectivity index (χ0v) is 12.4. The lowest BCUT2D eigenvalue weighted by Gasteiger charge is -2.12. The maximum Gasteiger partial charge on any atom is 0.160 e. The second-order valence-electron chi connectivity index (χ2n) is 4.17. The van der Waals surface area contributed by atoms with Gasteiger partial charge in [-0.1, -0.05) is 31.9 Å². The highest BCUT2D eigenvalue weighted by Crippen LogP contribution is 2.31. The van der Waals surface area contributed by atoms with Crippen molar-refractivity contribution >= 4 is 33.2 Å². The molecule has 5 heteroatoms. The van der Waals surface area contributed by atoms with E-state index in [2.05, 4.69) is 29.9 Å². The molecule has 3 nitrogen and oxygen atoms in total. The number of methoxy groups -OCH3 is 1. The number of hydrogen-bond donors (Lipinski definition) is 0. The zero-order valence-electron chi connectivity index (χ0n) is 10.9. The Balaban J connectivity index is 2.46. The minimum Gasteiger partial charge on any atom is -0.373 e. The van der Waals surface area contributed by atoms with Crippen LogP contribution in [-0.4, -0.2) is 17.1 Å². The summed E-state index contributed by atoms with van der Waals surface area (Å²) in [4.78, 5) is 11.2. The molecule has 0 saturated heterocycles. The van der Waals surface area contributed by atoms with E-state index in [1.807, 2.05) is 0 Å². The van der Waals surface area contributed by atoms with E-state index in [1.165, 1.54) is 4.88 Å². The summed E-state index contributed by atoms with van der Waals surface area (Å²) >= 11 is 7.91. The van der Waals surface area contributed by atoms with Gasteiger partial charge < -0.3 is 4.74 Å². The summed E-state index contributed by atoms with van der Waals surface area (Å²) < 4.78 is 5.43. The van der Waals surface area contributed by atoms with E-state index in [1.54, 1.807) is 18.4 Å². The van der Waals surface area contributed by atoms with Crippen LogP contribution in [0.1, 0.15) is 43.5 Å². The average Bonchev–Trinajstić information content (AvgIpc) is 2.79. The average molecular weight is 285 g/mol. The molecule has 0 saturated carbocycles. The Morgan fingerprint density at radius 2 is 2.17 bits per heavy atom. The SMILES string of the molecule is CCCC(OC)c1nc(Cl)c2cc(CC)sc2n1. The van der Waals surface area contributed by atoms with Gasteiger partial charge in [0, 0.05) is 17.4 Å². The first-order valence-electron chi connectivity index (χ1n) is 6.18. The maximum absolute atomic E-state index is 6.23. The molecule has 0 aliphatic carbocycles. The lowest BCUT2D eigenvalue weighted by atomic mass is 10.2. The fourth-order valence-corrected chi connectivity index (χ4v) is 3.15. The zero-order chi connectivity index (χ0) is 13.1. The largest absolute Gasteiger partial charge is 0.373 e. The Hall–Kier alpha value is -0.710. The molecule has 0 N–H and O–H groups in total. The summed E-state index contributed by atoms with van der Waals surface area (Å²) in [5, 5.41) is 1.48. The lowest BCUT2D eigenvalue weighted by molar-refractivity contribution is 0.0880.